The third-order valence-corrected chi connectivity index (χ3v) is 2.12. The molecule has 0 aromatic carbocycles. The fourth-order valence-corrected chi connectivity index (χ4v) is 1.16. The van der Waals surface area contributed by atoms with Crippen molar-refractivity contribution in [3.8, 4) is 0 Å². The van der Waals surface area contributed by atoms with E-state index in [1.807, 2.05) is 0 Å². The number of rotatable bonds is 6. The van der Waals surface area contributed by atoms with E-state index in [1.165, 1.54) is 26.4 Å². The first-order valence-corrected chi connectivity index (χ1v) is 4.77. The second kappa shape index (κ2) is 7.14. The van der Waals surface area contributed by atoms with Crippen LogP contribution in [0.4, 0.5) is 0 Å². The molecule has 0 radical (unpaired) electrons. The molecule has 1 atom stereocenters. The monoisotopic (exact) mass is 172 g/mol. The van der Waals surface area contributed by atoms with Gasteiger partial charge in [-0.15, -0.1) is 0 Å². The number of hydrogen-bond acceptors (Lipinski definition) is 2. The lowest BCUT2D eigenvalue weighted by molar-refractivity contribution is -0.140. The SMILES string of the molecule is CCCC[C@@H](C)CCC(=O)OC. The standard InChI is InChI=1S/C10H20O2/c1-4-5-6-9(2)7-8-10(11)12-3/h9H,4-8H2,1-3H3/t9-/m1/s1. The molecule has 0 unspecified atom stereocenters. The minimum Gasteiger partial charge on any atom is -0.469 e. The number of methoxy groups -OCH3 is 1. The van der Waals surface area contributed by atoms with Crippen LogP contribution in [0.3, 0.4) is 0 Å². The van der Waals surface area contributed by atoms with Crippen molar-refractivity contribution in [2.45, 2.75) is 46.0 Å². The molecule has 0 bridgehead atoms. The molecule has 0 aliphatic carbocycles. The van der Waals surface area contributed by atoms with Gasteiger partial charge in [0.25, 0.3) is 0 Å². The Labute approximate surface area is 75.3 Å². The quantitative estimate of drug-likeness (QED) is 0.576. The summed E-state index contributed by atoms with van der Waals surface area (Å²) in [6, 6.07) is 0. The van der Waals surface area contributed by atoms with Gasteiger partial charge < -0.3 is 4.74 Å². The van der Waals surface area contributed by atoms with E-state index >= 15 is 0 Å². The van der Waals surface area contributed by atoms with Crippen molar-refractivity contribution in [2.75, 3.05) is 7.11 Å². The minimum atomic E-state index is -0.0849. The Morgan fingerprint density at radius 2 is 2.08 bits per heavy atom. The number of carbonyl (C=O) groups is 1. The van der Waals surface area contributed by atoms with Crippen LogP contribution >= 0.6 is 0 Å². The van der Waals surface area contributed by atoms with Crippen LogP contribution in [0.1, 0.15) is 46.0 Å². The van der Waals surface area contributed by atoms with E-state index in [4.69, 9.17) is 0 Å². The highest BCUT2D eigenvalue weighted by atomic mass is 16.5. The van der Waals surface area contributed by atoms with Gasteiger partial charge in [0.1, 0.15) is 0 Å². The molecule has 0 aromatic heterocycles. The molecule has 2 heteroatoms. The van der Waals surface area contributed by atoms with Gasteiger partial charge in [-0.1, -0.05) is 33.1 Å². The predicted molar refractivity (Wildman–Crippen MR) is 49.9 cm³/mol. The Morgan fingerprint density at radius 3 is 2.58 bits per heavy atom. The highest BCUT2D eigenvalue weighted by Crippen LogP contribution is 2.13. The van der Waals surface area contributed by atoms with Gasteiger partial charge in [-0.05, 0) is 12.3 Å². The molecule has 0 heterocycles. The Kier molecular flexibility index (Phi) is 6.82. The molecule has 0 aliphatic rings. The molecule has 0 rings (SSSR count). The number of hydrogen-bond donors (Lipinski definition) is 0. The molecule has 0 N–H and O–H groups in total. The van der Waals surface area contributed by atoms with Crippen molar-refractivity contribution in [2.24, 2.45) is 5.92 Å². The van der Waals surface area contributed by atoms with E-state index in [0.29, 0.717) is 12.3 Å². The fourth-order valence-electron chi connectivity index (χ4n) is 1.16. The lowest BCUT2D eigenvalue weighted by Crippen LogP contribution is -2.03. The van der Waals surface area contributed by atoms with Crippen molar-refractivity contribution in [3.05, 3.63) is 0 Å². The summed E-state index contributed by atoms with van der Waals surface area (Å²) in [5.41, 5.74) is 0. The lowest BCUT2D eigenvalue weighted by atomic mass is 9.99. The summed E-state index contributed by atoms with van der Waals surface area (Å²) in [5, 5.41) is 0. The van der Waals surface area contributed by atoms with Gasteiger partial charge in [0.2, 0.25) is 0 Å². The van der Waals surface area contributed by atoms with Crippen LogP contribution in [0.25, 0.3) is 0 Å². The number of unbranched alkanes of at least 4 members (excludes halogenated alkanes) is 1. The van der Waals surface area contributed by atoms with Crippen LogP contribution in [0.5, 0.6) is 0 Å². The van der Waals surface area contributed by atoms with Crippen molar-refractivity contribution in [1.29, 1.82) is 0 Å². The van der Waals surface area contributed by atoms with Gasteiger partial charge in [-0.2, -0.15) is 0 Å². The molecule has 2 nitrogen and oxygen atoms in total. The Bertz CT molecular complexity index is 121. The van der Waals surface area contributed by atoms with E-state index in [-0.39, 0.29) is 5.97 Å². The average Bonchev–Trinajstić information content (AvgIpc) is 2.10. The predicted octanol–water partition coefficient (Wildman–Crippen LogP) is 2.77. The van der Waals surface area contributed by atoms with Crippen molar-refractivity contribution < 1.29 is 9.53 Å². The van der Waals surface area contributed by atoms with Crippen LogP contribution < -0.4 is 0 Å². The van der Waals surface area contributed by atoms with Crippen molar-refractivity contribution in [3.63, 3.8) is 0 Å². The smallest absolute Gasteiger partial charge is 0.305 e. The molecule has 0 amide bonds. The molecule has 0 saturated heterocycles. The minimum absolute atomic E-state index is 0.0849. The zero-order valence-corrected chi connectivity index (χ0v) is 8.43. The molecule has 0 aliphatic heterocycles. The van der Waals surface area contributed by atoms with Crippen molar-refractivity contribution in [1.82, 2.24) is 0 Å². The van der Waals surface area contributed by atoms with E-state index in [2.05, 4.69) is 18.6 Å². The molecule has 72 valence electrons. The summed E-state index contributed by atoms with van der Waals surface area (Å²) in [4.78, 5) is 10.8. The second-order valence-corrected chi connectivity index (χ2v) is 3.36. The van der Waals surface area contributed by atoms with Crippen molar-refractivity contribution >= 4 is 5.97 Å². The van der Waals surface area contributed by atoms with Gasteiger partial charge >= 0.3 is 5.97 Å². The van der Waals surface area contributed by atoms with Crippen LogP contribution in [0.2, 0.25) is 0 Å². The van der Waals surface area contributed by atoms with E-state index in [9.17, 15) is 4.79 Å². The molecule has 0 saturated carbocycles. The van der Waals surface area contributed by atoms with Gasteiger partial charge in [0.05, 0.1) is 7.11 Å². The highest BCUT2D eigenvalue weighted by molar-refractivity contribution is 5.69. The number of ether oxygens (including phenoxy) is 1. The summed E-state index contributed by atoms with van der Waals surface area (Å²) in [7, 11) is 1.44. The second-order valence-electron chi connectivity index (χ2n) is 3.36. The van der Waals surface area contributed by atoms with Gasteiger partial charge in [-0.3, -0.25) is 4.79 Å². The first kappa shape index (κ1) is 11.5. The van der Waals surface area contributed by atoms with E-state index in [1.54, 1.807) is 0 Å². The maximum Gasteiger partial charge on any atom is 0.305 e. The van der Waals surface area contributed by atoms with Gasteiger partial charge in [0, 0.05) is 6.42 Å². The normalized spacial score (nSPS) is 12.6. The topological polar surface area (TPSA) is 26.3 Å². The highest BCUT2D eigenvalue weighted by Gasteiger charge is 2.05. The molecular formula is C10H20O2. The number of esters is 1. The maximum absolute atomic E-state index is 10.8. The third-order valence-electron chi connectivity index (χ3n) is 2.12. The zero-order chi connectivity index (χ0) is 9.40. The average molecular weight is 172 g/mol. The summed E-state index contributed by atoms with van der Waals surface area (Å²) >= 11 is 0. The largest absolute Gasteiger partial charge is 0.469 e. The molecule has 0 aromatic rings. The summed E-state index contributed by atoms with van der Waals surface area (Å²) < 4.78 is 4.57. The van der Waals surface area contributed by atoms with E-state index in [0.717, 1.165) is 6.42 Å². The van der Waals surface area contributed by atoms with Crippen LogP contribution in [0, 0.1) is 5.92 Å². The molecular weight excluding hydrogens is 152 g/mol. The van der Waals surface area contributed by atoms with Crippen LogP contribution in [-0.4, -0.2) is 13.1 Å². The van der Waals surface area contributed by atoms with Crippen LogP contribution in [-0.2, 0) is 9.53 Å². The summed E-state index contributed by atoms with van der Waals surface area (Å²) in [6.45, 7) is 4.38. The third kappa shape index (κ3) is 6.20. The van der Waals surface area contributed by atoms with Gasteiger partial charge in [-0.25, -0.2) is 0 Å². The summed E-state index contributed by atoms with van der Waals surface area (Å²) in [6.07, 6.45) is 5.27. The Hall–Kier alpha value is -0.530. The Balaban J connectivity index is 3.30. The molecule has 12 heavy (non-hydrogen) atoms. The summed E-state index contributed by atoms with van der Waals surface area (Å²) in [5.74, 6) is 0.572. The maximum atomic E-state index is 10.8. The van der Waals surface area contributed by atoms with Crippen LogP contribution in [0.15, 0.2) is 0 Å². The van der Waals surface area contributed by atoms with E-state index < -0.39 is 0 Å². The lowest BCUT2D eigenvalue weighted by Gasteiger charge is -2.08. The fraction of sp³-hybridized carbons (Fsp3) is 0.900. The molecule has 0 spiro atoms. The zero-order valence-electron chi connectivity index (χ0n) is 8.43. The Morgan fingerprint density at radius 1 is 1.42 bits per heavy atom. The molecule has 0 fully saturated rings. The first-order valence-electron chi connectivity index (χ1n) is 4.77. The first-order chi connectivity index (χ1) is 5.70. The van der Waals surface area contributed by atoms with Gasteiger partial charge in [0.15, 0.2) is 0 Å². The number of carbonyl (C=O) groups excluding carboxylic acids is 1.